The lowest BCUT2D eigenvalue weighted by molar-refractivity contribution is -0.134. The molecule has 1 saturated heterocycles. The van der Waals surface area contributed by atoms with Crippen LogP contribution in [0.25, 0.3) is 11.3 Å². The molecule has 8 heteroatoms. The van der Waals surface area contributed by atoms with Crippen LogP contribution < -0.4 is 10.2 Å². The van der Waals surface area contributed by atoms with Crippen molar-refractivity contribution in [3.05, 3.63) is 83.8 Å². The first kappa shape index (κ1) is 21.1. The number of hydrogen-bond donors (Lipinski definition) is 1. The SMILES string of the molecule is C=CCN(C(=O)CN1C(=O)NC2(CCc3ccccc32)C1=O)c1nc(-c2ccccc2)cs1. The summed E-state index contributed by atoms with van der Waals surface area (Å²) in [6.45, 7) is 3.60. The van der Waals surface area contributed by atoms with Gasteiger partial charge in [-0.25, -0.2) is 9.78 Å². The zero-order valence-corrected chi connectivity index (χ0v) is 18.7. The third kappa shape index (κ3) is 3.52. The number of imide groups is 1. The smallest absolute Gasteiger partial charge is 0.319 e. The van der Waals surface area contributed by atoms with Gasteiger partial charge in [0.25, 0.3) is 5.91 Å². The summed E-state index contributed by atoms with van der Waals surface area (Å²) < 4.78 is 0. The summed E-state index contributed by atoms with van der Waals surface area (Å²) in [7, 11) is 0. The molecule has 2 aromatic carbocycles. The van der Waals surface area contributed by atoms with Gasteiger partial charge in [-0.2, -0.15) is 0 Å². The minimum Gasteiger partial charge on any atom is -0.319 e. The van der Waals surface area contributed by atoms with Gasteiger partial charge in [0, 0.05) is 17.5 Å². The number of urea groups is 1. The molecule has 1 N–H and O–H groups in total. The largest absolute Gasteiger partial charge is 0.325 e. The molecule has 1 spiro atoms. The maximum absolute atomic E-state index is 13.4. The molecular formula is C25H22N4O3S. The molecule has 0 saturated carbocycles. The minimum absolute atomic E-state index is 0.220. The molecule has 7 nitrogen and oxygen atoms in total. The van der Waals surface area contributed by atoms with Crippen molar-refractivity contribution in [2.24, 2.45) is 0 Å². The van der Waals surface area contributed by atoms with Crippen molar-refractivity contribution >= 4 is 34.3 Å². The van der Waals surface area contributed by atoms with Gasteiger partial charge < -0.3 is 5.32 Å². The number of carbonyl (C=O) groups excluding carboxylic acids is 3. The fourth-order valence-electron chi connectivity index (χ4n) is 4.50. The van der Waals surface area contributed by atoms with E-state index in [1.807, 2.05) is 60.0 Å². The molecule has 33 heavy (non-hydrogen) atoms. The molecule has 1 aliphatic heterocycles. The van der Waals surface area contributed by atoms with E-state index in [-0.39, 0.29) is 19.0 Å². The lowest BCUT2D eigenvalue weighted by atomic mass is 9.92. The maximum atomic E-state index is 13.4. The van der Waals surface area contributed by atoms with E-state index in [0.29, 0.717) is 18.0 Å². The Bertz CT molecular complexity index is 1260. The van der Waals surface area contributed by atoms with E-state index >= 15 is 0 Å². The third-order valence-electron chi connectivity index (χ3n) is 6.12. The number of aromatic nitrogens is 1. The predicted molar refractivity (Wildman–Crippen MR) is 127 cm³/mol. The lowest BCUT2D eigenvalue weighted by Crippen LogP contribution is -2.45. The molecule has 0 bridgehead atoms. The monoisotopic (exact) mass is 458 g/mol. The number of amides is 4. The number of hydrogen-bond acceptors (Lipinski definition) is 5. The van der Waals surface area contributed by atoms with Gasteiger partial charge in [0.1, 0.15) is 12.1 Å². The van der Waals surface area contributed by atoms with Gasteiger partial charge in [-0.05, 0) is 24.0 Å². The molecule has 5 rings (SSSR count). The van der Waals surface area contributed by atoms with Crippen LogP contribution in [0.4, 0.5) is 9.93 Å². The van der Waals surface area contributed by atoms with Crippen molar-refractivity contribution in [3.8, 4) is 11.3 Å². The number of nitrogens with zero attached hydrogens (tertiary/aromatic N) is 3. The summed E-state index contributed by atoms with van der Waals surface area (Å²) in [5, 5.41) is 5.23. The zero-order chi connectivity index (χ0) is 23.0. The number of aryl methyl sites for hydroxylation is 1. The van der Waals surface area contributed by atoms with Gasteiger partial charge in [-0.15, -0.1) is 17.9 Å². The second-order valence-electron chi connectivity index (χ2n) is 8.06. The molecule has 166 valence electrons. The predicted octanol–water partition coefficient (Wildman–Crippen LogP) is 3.72. The standard InChI is InChI=1S/C25H22N4O3S/c1-2-14-28(24-26-20(16-33-24)18-9-4-3-5-10-18)21(30)15-29-22(31)25(27-23(29)32)13-12-17-8-6-7-11-19(17)25/h2-11,16H,1,12-15H2,(H,27,32). The normalized spacial score (nSPS) is 19.0. The second kappa shape index (κ2) is 8.29. The Balaban J connectivity index is 1.38. The van der Waals surface area contributed by atoms with E-state index in [1.165, 1.54) is 16.2 Å². The van der Waals surface area contributed by atoms with E-state index in [1.54, 1.807) is 6.08 Å². The van der Waals surface area contributed by atoms with Gasteiger partial charge in [-0.1, -0.05) is 60.7 Å². The molecule has 0 radical (unpaired) electrons. The van der Waals surface area contributed by atoms with E-state index in [4.69, 9.17) is 0 Å². The van der Waals surface area contributed by atoms with Crippen LogP contribution in [0.1, 0.15) is 17.5 Å². The molecule has 1 unspecified atom stereocenters. The molecule has 1 fully saturated rings. The maximum Gasteiger partial charge on any atom is 0.325 e. The van der Waals surface area contributed by atoms with Crippen molar-refractivity contribution in [1.82, 2.24) is 15.2 Å². The van der Waals surface area contributed by atoms with Gasteiger partial charge >= 0.3 is 6.03 Å². The van der Waals surface area contributed by atoms with Crippen LogP contribution in [-0.4, -0.2) is 40.8 Å². The highest BCUT2D eigenvalue weighted by atomic mass is 32.1. The average Bonchev–Trinajstić information content (AvgIpc) is 3.52. The van der Waals surface area contributed by atoms with E-state index in [2.05, 4.69) is 16.9 Å². The van der Waals surface area contributed by atoms with Crippen LogP contribution in [0.5, 0.6) is 0 Å². The van der Waals surface area contributed by atoms with E-state index < -0.39 is 17.5 Å². The lowest BCUT2D eigenvalue weighted by Gasteiger charge is -2.23. The molecule has 2 aliphatic rings. The fraction of sp³-hybridized carbons (Fsp3) is 0.200. The molecule has 1 aromatic heterocycles. The fourth-order valence-corrected chi connectivity index (χ4v) is 5.36. The molecule has 1 aliphatic carbocycles. The average molecular weight is 459 g/mol. The van der Waals surface area contributed by atoms with Crippen molar-refractivity contribution in [2.75, 3.05) is 18.0 Å². The van der Waals surface area contributed by atoms with Gasteiger partial charge in [0.15, 0.2) is 5.13 Å². The number of rotatable bonds is 6. The van der Waals surface area contributed by atoms with Crippen LogP contribution in [0.3, 0.4) is 0 Å². The van der Waals surface area contributed by atoms with Crippen LogP contribution in [0.2, 0.25) is 0 Å². The van der Waals surface area contributed by atoms with E-state index in [0.717, 1.165) is 27.3 Å². The van der Waals surface area contributed by atoms with Crippen molar-refractivity contribution in [3.63, 3.8) is 0 Å². The summed E-state index contributed by atoms with van der Waals surface area (Å²) in [4.78, 5) is 46.5. The van der Waals surface area contributed by atoms with Gasteiger partial charge in [-0.3, -0.25) is 19.4 Å². The minimum atomic E-state index is -1.08. The number of nitrogens with one attached hydrogen (secondary N) is 1. The number of benzene rings is 2. The highest BCUT2D eigenvalue weighted by Crippen LogP contribution is 2.41. The summed E-state index contributed by atoms with van der Waals surface area (Å²) in [6, 6.07) is 16.8. The van der Waals surface area contributed by atoms with Crippen LogP contribution in [0, 0.1) is 0 Å². The Morgan fingerprint density at radius 2 is 1.94 bits per heavy atom. The zero-order valence-electron chi connectivity index (χ0n) is 17.9. The van der Waals surface area contributed by atoms with Crippen LogP contribution in [-0.2, 0) is 21.5 Å². The molecular weight excluding hydrogens is 436 g/mol. The topological polar surface area (TPSA) is 82.6 Å². The Morgan fingerprint density at radius 1 is 1.18 bits per heavy atom. The highest BCUT2D eigenvalue weighted by molar-refractivity contribution is 7.14. The third-order valence-corrected chi connectivity index (χ3v) is 6.98. The molecule has 4 amide bonds. The first-order chi connectivity index (χ1) is 16.0. The van der Waals surface area contributed by atoms with Gasteiger partial charge in [0.2, 0.25) is 5.91 Å². The Morgan fingerprint density at radius 3 is 2.73 bits per heavy atom. The molecule has 1 atom stereocenters. The Hall–Kier alpha value is -3.78. The number of carbonyl (C=O) groups is 3. The van der Waals surface area contributed by atoms with Crippen molar-refractivity contribution in [1.29, 1.82) is 0 Å². The number of anilines is 1. The Labute approximate surface area is 195 Å². The highest BCUT2D eigenvalue weighted by Gasteiger charge is 2.55. The van der Waals surface area contributed by atoms with Crippen molar-refractivity contribution in [2.45, 2.75) is 18.4 Å². The second-order valence-corrected chi connectivity index (χ2v) is 8.89. The number of thiazole rings is 1. The van der Waals surface area contributed by atoms with Crippen LogP contribution >= 0.6 is 11.3 Å². The molecule has 3 aromatic rings. The quantitative estimate of drug-likeness (QED) is 0.451. The summed E-state index contributed by atoms with van der Waals surface area (Å²) >= 11 is 1.33. The summed E-state index contributed by atoms with van der Waals surface area (Å²) in [6.07, 6.45) is 2.79. The molecule has 2 heterocycles. The van der Waals surface area contributed by atoms with Crippen molar-refractivity contribution < 1.29 is 14.4 Å². The van der Waals surface area contributed by atoms with Gasteiger partial charge in [0.05, 0.1) is 5.69 Å². The summed E-state index contributed by atoms with van der Waals surface area (Å²) in [5.41, 5.74) is 2.48. The Kier molecular flexibility index (Phi) is 5.30. The van der Waals surface area contributed by atoms with Crippen LogP contribution in [0.15, 0.2) is 72.6 Å². The van der Waals surface area contributed by atoms with E-state index in [9.17, 15) is 14.4 Å². The summed E-state index contributed by atoms with van der Waals surface area (Å²) in [5.74, 6) is -0.774. The first-order valence-corrected chi connectivity index (χ1v) is 11.6. The number of fused-ring (bicyclic) bond motifs is 2. The first-order valence-electron chi connectivity index (χ1n) is 10.7.